The van der Waals surface area contributed by atoms with Crippen molar-refractivity contribution in [3.8, 4) is 0 Å². The lowest BCUT2D eigenvalue weighted by Crippen LogP contribution is -2.56. The first-order chi connectivity index (χ1) is 5.25. The van der Waals surface area contributed by atoms with Gasteiger partial charge in [-0.2, -0.15) is 0 Å². The van der Waals surface area contributed by atoms with E-state index in [1.54, 1.807) is 0 Å². The van der Waals surface area contributed by atoms with Gasteiger partial charge < -0.3 is 11.1 Å². The molecule has 1 fully saturated rings. The standard InChI is InChI=1S/C7H15N3O/c1-2-10-4-3-9-5-6(10)7(8)11/h6,9H,2-5H2,1H3,(H2,8,11). The van der Waals surface area contributed by atoms with Crippen LogP contribution in [0.2, 0.25) is 0 Å². The van der Waals surface area contributed by atoms with Crippen LogP contribution in [0, 0.1) is 0 Å². The quantitative estimate of drug-likeness (QED) is 0.527. The largest absolute Gasteiger partial charge is 0.368 e. The van der Waals surface area contributed by atoms with Gasteiger partial charge in [0.2, 0.25) is 5.91 Å². The average molecular weight is 157 g/mol. The minimum Gasteiger partial charge on any atom is -0.368 e. The second-order valence-electron chi connectivity index (χ2n) is 2.75. The molecule has 1 amide bonds. The maximum atomic E-state index is 10.9. The molecule has 1 atom stereocenters. The molecule has 0 saturated carbocycles. The van der Waals surface area contributed by atoms with E-state index in [1.165, 1.54) is 0 Å². The highest BCUT2D eigenvalue weighted by atomic mass is 16.1. The predicted molar refractivity (Wildman–Crippen MR) is 43.1 cm³/mol. The highest BCUT2D eigenvalue weighted by Gasteiger charge is 2.24. The molecule has 1 rings (SSSR count). The Morgan fingerprint density at radius 1 is 1.82 bits per heavy atom. The van der Waals surface area contributed by atoms with Crippen molar-refractivity contribution in [2.45, 2.75) is 13.0 Å². The molecule has 1 aliphatic heterocycles. The molecule has 0 aromatic rings. The summed E-state index contributed by atoms with van der Waals surface area (Å²) < 4.78 is 0. The number of primary amides is 1. The molecular weight excluding hydrogens is 142 g/mol. The molecule has 1 aliphatic rings. The lowest BCUT2D eigenvalue weighted by molar-refractivity contribution is -0.123. The molecule has 0 aromatic carbocycles. The third-order valence-electron chi connectivity index (χ3n) is 2.09. The SMILES string of the molecule is CCN1CCNCC1C(N)=O. The topological polar surface area (TPSA) is 58.4 Å². The van der Waals surface area contributed by atoms with Crippen LogP contribution in [-0.2, 0) is 4.79 Å². The maximum Gasteiger partial charge on any atom is 0.236 e. The highest BCUT2D eigenvalue weighted by molar-refractivity contribution is 5.80. The van der Waals surface area contributed by atoms with Gasteiger partial charge in [0, 0.05) is 19.6 Å². The van der Waals surface area contributed by atoms with Crippen LogP contribution in [0.25, 0.3) is 0 Å². The van der Waals surface area contributed by atoms with Gasteiger partial charge in [0.25, 0.3) is 0 Å². The molecule has 0 bridgehead atoms. The van der Waals surface area contributed by atoms with E-state index < -0.39 is 0 Å². The zero-order valence-corrected chi connectivity index (χ0v) is 6.84. The van der Waals surface area contributed by atoms with E-state index in [-0.39, 0.29) is 11.9 Å². The van der Waals surface area contributed by atoms with Gasteiger partial charge in [0.15, 0.2) is 0 Å². The summed E-state index contributed by atoms with van der Waals surface area (Å²) >= 11 is 0. The lowest BCUT2D eigenvalue weighted by Gasteiger charge is -2.32. The minimum absolute atomic E-state index is 0.103. The summed E-state index contributed by atoms with van der Waals surface area (Å²) in [7, 11) is 0. The van der Waals surface area contributed by atoms with E-state index in [9.17, 15) is 4.79 Å². The van der Waals surface area contributed by atoms with Crippen molar-refractivity contribution >= 4 is 5.91 Å². The molecular formula is C7H15N3O. The second-order valence-corrected chi connectivity index (χ2v) is 2.75. The molecule has 11 heavy (non-hydrogen) atoms. The Kier molecular flexibility index (Phi) is 2.84. The van der Waals surface area contributed by atoms with E-state index >= 15 is 0 Å². The molecule has 64 valence electrons. The number of likely N-dealkylation sites (N-methyl/N-ethyl adjacent to an activating group) is 1. The molecule has 0 aromatic heterocycles. The molecule has 4 nitrogen and oxygen atoms in total. The Bertz CT molecular complexity index is 149. The summed E-state index contributed by atoms with van der Waals surface area (Å²) in [6.07, 6.45) is 0. The van der Waals surface area contributed by atoms with Gasteiger partial charge in [-0.25, -0.2) is 0 Å². The van der Waals surface area contributed by atoms with E-state index in [4.69, 9.17) is 5.73 Å². The second kappa shape index (κ2) is 3.69. The number of nitrogens with zero attached hydrogens (tertiary/aromatic N) is 1. The van der Waals surface area contributed by atoms with Gasteiger partial charge in [-0.1, -0.05) is 6.92 Å². The van der Waals surface area contributed by atoms with Crippen LogP contribution in [0.5, 0.6) is 0 Å². The average Bonchev–Trinajstić information content (AvgIpc) is 2.04. The Hall–Kier alpha value is -0.610. The van der Waals surface area contributed by atoms with Crippen molar-refractivity contribution in [1.29, 1.82) is 0 Å². The van der Waals surface area contributed by atoms with Gasteiger partial charge in [0.05, 0.1) is 0 Å². The highest BCUT2D eigenvalue weighted by Crippen LogP contribution is 2.00. The van der Waals surface area contributed by atoms with Crippen molar-refractivity contribution in [2.24, 2.45) is 5.73 Å². The lowest BCUT2D eigenvalue weighted by atomic mass is 10.2. The van der Waals surface area contributed by atoms with Crippen LogP contribution >= 0.6 is 0 Å². The molecule has 4 heteroatoms. The van der Waals surface area contributed by atoms with Gasteiger partial charge in [-0.05, 0) is 6.54 Å². The van der Waals surface area contributed by atoms with Crippen LogP contribution in [0.3, 0.4) is 0 Å². The van der Waals surface area contributed by atoms with Crippen LogP contribution in [-0.4, -0.2) is 43.0 Å². The van der Waals surface area contributed by atoms with E-state index in [2.05, 4.69) is 10.2 Å². The minimum atomic E-state index is -0.223. The van der Waals surface area contributed by atoms with Gasteiger partial charge in [-0.3, -0.25) is 9.69 Å². The van der Waals surface area contributed by atoms with Crippen LogP contribution < -0.4 is 11.1 Å². The number of piperazine rings is 1. The summed E-state index contributed by atoms with van der Waals surface area (Å²) in [6, 6.07) is -0.103. The van der Waals surface area contributed by atoms with E-state index in [1.807, 2.05) is 6.92 Å². The number of hydrogen-bond acceptors (Lipinski definition) is 3. The van der Waals surface area contributed by atoms with Crippen LogP contribution in [0.1, 0.15) is 6.92 Å². The van der Waals surface area contributed by atoms with Crippen molar-refractivity contribution < 1.29 is 4.79 Å². The number of amides is 1. The summed E-state index contributed by atoms with van der Waals surface area (Å²) in [5.74, 6) is -0.223. The van der Waals surface area contributed by atoms with Crippen molar-refractivity contribution in [3.05, 3.63) is 0 Å². The molecule has 0 aliphatic carbocycles. The van der Waals surface area contributed by atoms with Gasteiger partial charge in [-0.15, -0.1) is 0 Å². The van der Waals surface area contributed by atoms with Crippen molar-refractivity contribution in [1.82, 2.24) is 10.2 Å². The number of carbonyl (C=O) groups is 1. The fourth-order valence-electron chi connectivity index (χ4n) is 1.41. The number of nitrogens with two attached hydrogens (primary N) is 1. The molecule has 0 radical (unpaired) electrons. The van der Waals surface area contributed by atoms with Crippen molar-refractivity contribution in [2.75, 3.05) is 26.2 Å². The Morgan fingerprint density at radius 3 is 3.00 bits per heavy atom. The fourth-order valence-corrected chi connectivity index (χ4v) is 1.41. The summed E-state index contributed by atoms with van der Waals surface area (Å²) in [4.78, 5) is 13.0. The van der Waals surface area contributed by atoms with E-state index in [0.29, 0.717) is 6.54 Å². The fraction of sp³-hybridized carbons (Fsp3) is 0.857. The monoisotopic (exact) mass is 157 g/mol. The predicted octanol–water partition coefficient (Wildman–Crippen LogP) is -1.23. The smallest absolute Gasteiger partial charge is 0.236 e. The molecule has 1 saturated heterocycles. The first-order valence-electron chi connectivity index (χ1n) is 3.99. The van der Waals surface area contributed by atoms with E-state index in [0.717, 1.165) is 19.6 Å². The molecule has 0 spiro atoms. The summed E-state index contributed by atoms with van der Waals surface area (Å²) in [5.41, 5.74) is 5.21. The number of rotatable bonds is 2. The third-order valence-corrected chi connectivity index (χ3v) is 2.09. The number of carbonyl (C=O) groups excluding carboxylic acids is 1. The van der Waals surface area contributed by atoms with Gasteiger partial charge >= 0.3 is 0 Å². The van der Waals surface area contributed by atoms with Crippen LogP contribution in [0.15, 0.2) is 0 Å². The number of nitrogens with one attached hydrogen (secondary N) is 1. The Balaban J connectivity index is 2.51. The summed E-state index contributed by atoms with van der Waals surface area (Å²) in [5, 5.41) is 3.14. The zero-order chi connectivity index (χ0) is 8.27. The first-order valence-corrected chi connectivity index (χ1v) is 3.99. The maximum absolute atomic E-state index is 10.9. The number of hydrogen-bond donors (Lipinski definition) is 2. The van der Waals surface area contributed by atoms with Crippen LogP contribution in [0.4, 0.5) is 0 Å². The molecule has 3 N–H and O–H groups in total. The Labute approximate surface area is 66.7 Å². The molecule has 1 unspecified atom stereocenters. The Morgan fingerprint density at radius 2 is 2.55 bits per heavy atom. The first kappa shape index (κ1) is 8.49. The third kappa shape index (κ3) is 1.91. The summed E-state index contributed by atoms with van der Waals surface area (Å²) in [6.45, 7) is 5.52. The van der Waals surface area contributed by atoms with Gasteiger partial charge in [0.1, 0.15) is 6.04 Å². The normalized spacial score (nSPS) is 26.8. The zero-order valence-electron chi connectivity index (χ0n) is 6.84. The van der Waals surface area contributed by atoms with Crippen molar-refractivity contribution in [3.63, 3.8) is 0 Å². The molecule has 1 heterocycles.